The van der Waals surface area contributed by atoms with Crippen LogP contribution in [0.5, 0.6) is 0 Å². The van der Waals surface area contributed by atoms with E-state index in [-0.39, 0.29) is 12.0 Å². The van der Waals surface area contributed by atoms with Crippen LogP contribution in [-0.2, 0) is 4.74 Å². The van der Waals surface area contributed by atoms with Crippen LogP contribution in [0.4, 0.5) is 4.79 Å². The van der Waals surface area contributed by atoms with Gasteiger partial charge < -0.3 is 20.7 Å². The first kappa shape index (κ1) is 12.6. The maximum Gasteiger partial charge on any atom is 0.407 e. The first-order valence-corrected chi connectivity index (χ1v) is 5.36. The maximum absolute atomic E-state index is 11.5. The van der Waals surface area contributed by atoms with Gasteiger partial charge in [0.25, 0.3) is 0 Å². The molecule has 0 unspecified atom stereocenters. The fourth-order valence-electron chi connectivity index (χ4n) is 1.57. The van der Waals surface area contributed by atoms with Crippen LogP contribution in [0.15, 0.2) is 0 Å². The fourth-order valence-corrected chi connectivity index (χ4v) is 1.57. The van der Waals surface area contributed by atoms with Gasteiger partial charge in [-0.05, 0) is 27.2 Å². The number of nitrogens with zero attached hydrogens (tertiary/aromatic N) is 1. The molecule has 1 aliphatic rings. The summed E-state index contributed by atoms with van der Waals surface area (Å²) < 4.78 is 5.14. The normalized spacial score (nSPS) is 20.7. The summed E-state index contributed by atoms with van der Waals surface area (Å²) in [7, 11) is 0. The Morgan fingerprint density at radius 3 is 2.62 bits per heavy atom. The summed E-state index contributed by atoms with van der Waals surface area (Å²) in [6, 6.07) is 0.0127. The van der Waals surface area contributed by atoms with Gasteiger partial charge in [0, 0.05) is 13.1 Å². The topological polar surface area (TPSA) is 91.4 Å². The Hall–Kier alpha value is -1.46. The Kier molecular flexibility index (Phi) is 3.62. The van der Waals surface area contributed by atoms with Crippen molar-refractivity contribution in [2.45, 2.75) is 38.8 Å². The molecule has 1 amide bonds. The van der Waals surface area contributed by atoms with Gasteiger partial charge in [-0.25, -0.2) is 4.79 Å². The van der Waals surface area contributed by atoms with Crippen molar-refractivity contribution in [3.8, 4) is 0 Å². The Morgan fingerprint density at radius 1 is 1.56 bits per heavy atom. The maximum atomic E-state index is 11.5. The summed E-state index contributed by atoms with van der Waals surface area (Å²) in [5, 5.41) is 10.0. The predicted molar refractivity (Wildman–Crippen MR) is 61.3 cm³/mol. The minimum Gasteiger partial charge on any atom is -0.444 e. The number of hydrogen-bond acceptors (Lipinski definition) is 3. The number of nitrogens with one attached hydrogen (secondary N) is 2. The Balaban J connectivity index is 2.34. The van der Waals surface area contributed by atoms with E-state index >= 15 is 0 Å². The molecule has 0 radical (unpaired) electrons. The molecule has 0 aliphatic carbocycles. The van der Waals surface area contributed by atoms with E-state index in [9.17, 15) is 4.79 Å². The third-order valence-corrected chi connectivity index (χ3v) is 2.25. The Labute approximate surface area is 95.6 Å². The van der Waals surface area contributed by atoms with Crippen LogP contribution in [-0.4, -0.2) is 41.7 Å². The van der Waals surface area contributed by atoms with E-state index in [0.29, 0.717) is 13.1 Å². The molecule has 6 nitrogen and oxygen atoms in total. The molecule has 1 rings (SSSR count). The summed E-state index contributed by atoms with van der Waals surface area (Å²) in [5.41, 5.74) is 4.87. The highest BCUT2D eigenvalue weighted by molar-refractivity contribution is 5.75. The number of guanidine groups is 1. The molecule has 1 aliphatic heterocycles. The van der Waals surface area contributed by atoms with E-state index < -0.39 is 11.7 Å². The number of carbonyl (C=O) groups excluding carboxylic acids is 1. The van der Waals surface area contributed by atoms with Crippen LogP contribution >= 0.6 is 0 Å². The Morgan fingerprint density at radius 2 is 2.19 bits per heavy atom. The van der Waals surface area contributed by atoms with Gasteiger partial charge in [0.2, 0.25) is 0 Å². The number of hydrogen-bond donors (Lipinski definition) is 3. The van der Waals surface area contributed by atoms with Crippen molar-refractivity contribution in [1.82, 2.24) is 10.2 Å². The molecule has 4 N–H and O–H groups in total. The highest BCUT2D eigenvalue weighted by Gasteiger charge is 2.26. The van der Waals surface area contributed by atoms with Crippen molar-refractivity contribution in [3.63, 3.8) is 0 Å². The number of carbonyl (C=O) groups is 1. The second kappa shape index (κ2) is 4.59. The number of nitrogens with two attached hydrogens (primary N) is 1. The van der Waals surface area contributed by atoms with Gasteiger partial charge in [-0.3, -0.25) is 5.41 Å². The van der Waals surface area contributed by atoms with Gasteiger partial charge in [-0.1, -0.05) is 0 Å². The number of alkyl carbamates (subject to hydrolysis) is 1. The molecule has 1 saturated heterocycles. The standard InChI is InChI=1S/C10H20N4O2/c1-10(2,3)16-9(15)13-7-4-5-14(6-7)8(11)12/h7H,4-6H2,1-3H3,(H3,11,12)(H,13,15)/t7-/m1/s1. The van der Waals surface area contributed by atoms with Gasteiger partial charge >= 0.3 is 6.09 Å². The second-order valence-corrected chi connectivity index (χ2v) is 4.96. The number of likely N-dealkylation sites (tertiary alicyclic amines) is 1. The summed E-state index contributed by atoms with van der Waals surface area (Å²) in [5.74, 6) is 0.0495. The fraction of sp³-hybridized carbons (Fsp3) is 0.800. The quantitative estimate of drug-likeness (QED) is 0.449. The molecule has 1 heterocycles. The minimum atomic E-state index is -0.483. The van der Waals surface area contributed by atoms with E-state index in [0.717, 1.165) is 6.42 Å². The summed E-state index contributed by atoms with van der Waals surface area (Å²) >= 11 is 0. The highest BCUT2D eigenvalue weighted by atomic mass is 16.6. The highest BCUT2D eigenvalue weighted by Crippen LogP contribution is 2.10. The third kappa shape index (κ3) is 3.96. The lowest BCUT2D eigenvalue weighted by atomic mass is 10.2. The van der Waals surface area contributed by atoms with Crippen LogP contribution in [0.1, 0.15) is 27.2 Å². The molecular weight excluding hydrogens is 208 g/mol. The summed E-state index contributed by atoms with van der Waals surface area (Å²) in [6.45, 7) is 6.75. The lowest BCUT2D eigenvalue weighted by molar-refractivity contribution is 0.0507. The van der Waals surface area contributed by atoms with Crippen molar-refractivity contribution in [2.24, 2.45) is 5.73 Å². The predicted octanol–water partition coefficient (Wildman–Crippen LogP) is 0.479. The van der Waals surface area contributed by atoms with Gasteiger partial charge in [0.15, 0.2) is 5.96 Å². The molecule has 0 aromatic carbocycles. The van der Waals surface area contributed by atoms with E-state index in [1.807, 2.05) is 20.8 Å². The molecule has 0 aromatic rings. The van der Waals surface area contributed by atoms with Crippen molar-refractivity contribution in [1.29, 1.82) is 5.41 Å². The van der Waals surface area contributed by atoms with Crippen molar-refractivity contribution >= 4 is 12.1 Å². The molecule has 0 bridgehead atoms. The van der Waals surface area contributed by atoms with Crippen LogP contribution in [0.3, 0.4) is 0 Å². The van der Waals surface area contributed by atoms with Gasteiger partial charge in [0.05, 0.1) is 6.04 Å². The van der Waals surface area contributed by atoms with Crippen molar-refractivity contribution in [2.75, 3.05) is 13.1 Å². The SMILES string of the molecule is CC(C)(C)OC(=O)N[C@@H]1CCN(C(=N)N)C1. The molecule has 0 saturated carbocycles. The number of ether oxygens (including phenoxy) is 1. The molecular formula is C10H20N4O2. The average molecular weight is 228 g/mol. The average Bonchev–Trinajstić information content (AvgIpc) is 2.48. The minimum absolute atomic E-state index is 0.0127. The van der Waals surface area contributed by atoms with Crippen molar-refractivity contribution in [3.05, 3.63) is 0 Å². The van der Waals surface area contributed by atoms with E-state index in [1.54, 1.807) is 4.90 Å². The zero-order valence-corrected chi connectivity index (χ0v) is 10.0. The lowest BCUT2D eigenvalue weighted by Crippen LogP contribution is -2.42. The van der Waals surface area contributed by atoms with E-state index in [1.165, 1.54) is 0 Å². The van der Waals surface area contributed by atoms with Gasteiger partial charge in [-0.2, -0.15) is 0 Å². The Bertz CT molecular complexity index is 285. The largest absolute Gasteiger partial charge is 0.444 e. The summed E-state index contributed by atoms with van der Waals surface area (Å²) in [4.78, 5) is 13.2. The van der Waals surface area contributed by atoms with Crippen LogP contribution in [0, 0.1) is 5.41 Å². The first-order chi connectivity index (χ1) is 7.28. The molecule has 0 aromatic heterocycles. The monoisotopic (exact) mass is 228 g/mol. The molecule has 1 atom stereocenters. The van der Waals surface area contributed by atoms with Gasteiger partial charge in [0.1, 0.15) is 5.60 Å². The van der Waals surface area contributed by atoms with Crippen LogP contribution in [0.2, 0.25) is 0 Å². The first-order valence-electron chi connectivity index (χ1n) is 5.36. The summed E-state index contributed by atoms with van der Waals surface area (Å²) in [6.07, 6.45) is 0.377. The van der Waals surface area contributed by atoms with Crippen LogP contribution in [0.25, 0.3) is 0 Å². The molecule has 0 spiro atoms. The molecule has 16 heavy (non-hydrogen) atoms. The lowest BCUT2D eigenvalue weighted by Gasteiger charge is -2.22. The smallest absolute Gasteiger partial charge is 0.407 e. The number of rotatable bonds is 1. The zero-order chi connectivity index (χ0) is 12.3. The second-order valence-electron chi connectivity index (χ2n) is 4.96. The number of amides is 1. The molecule has 92 valence electrons. The van der Waals surface area contributed by atoms with E-state index in [2.05, 4.69) is 5.32 Å². The van der Waals surface area contributed by atoms with Crippen molar-refractivity contribution < 1.29 is 9.53 Å². The molecule has 6 heteroatoms. The third-order valence-electron chi connectivity index (χ3n) is 2.25. The van der Waals surface area contributed by atoms with E-state index in [4.69, 9.17) is 15.9 Å². The van der Waals surface area contributed by atoms with Gasteiger partial charge in [-0.15, -0.1) is 0 Å². The van der Waals surface area contributed by atoms with Crippen LogP contribution < -0.4 is 11.1 Å². The zero-order valence-electron chi connectivity index (χ0n) is 10.0. The molecule has 1 fully saturated rings.